The van der Waals surface area contributed by atoms with E-state index in [1.54, 1.807) is 38.1 Å². The number of anilines is 2. The Balaban J connectivity index is 1.61. The molecule has 6 rings (SSSR count). The van der Waals surface area contributed by atoms with Gasteiger partial charge in [0.2, 0.25) is 0 Å². The van der Waals surface area contributed by atoms with E-state index in [0.29, 0.717) is 66.2 Å². The second-order valence-corrected chi connectivity index (χ2v) is 10.7. The van der Waals surface area contributed by atoms with Crippen LogP contribution in [0.4, 0.5) is 11.6 Å². The average molecular weight is 601 g/mol. The van der Waals surface area contributed by atoms with Gasteiger partial charge in [-0.15, -0.1) is 0 Å². The molecule has 4 N–H and O–H groups in total. The van der Waals surface area contributed by atoms with Gasteiger partial charge in [0.15, 0.2) is 23.1 Å². The second kappa shape index (κ2) is 11.3. The van der Waals surface area contributed by atoms with Crippen LogP contribution in [0.15, 0.2) is 94.0 Å². The van der Waals surface area contributed by atoms with Gasteiger partial charge >= 0.3 is 0 Å². The zero-order valence-corrected chi connectivity index (χ0v) is 24.1. The number of aryl methyl sites for hydroxylation is 2. The zero-order chi connectivity index (χ0) is 29.4. The van der Waals surface area contributed by atoms with Crippen molar-refractivity contribution < 1.29 is 19.3 Å². The number of halogens is 2. The molecule has 10 heteroatoms. The normalized spacial score (nSPS) is 12.8. The van der Waals surface area contributed by atoms with E-state index >= 15 is 0 Å². The Bertz CT molecular complexity index is 1770. The molecule has 0 saturated carbocycles. The van der Waals surface area contributed by atoms with Gasteiger partial charge in [0.25, 0.3) is 0 Å². The third kappa shape index (κ3) is 5.11. The average Bonchev–Trinajstić information content (AvgIpc) is 3.59. The Morgan fingerprint density at radius 3 is 1.36 bits per heavy atom. The molecule has 2 atom stereocenters. The van der Waals surface area contributed by atoms with Crippen molar-refractivity contribution in [1.29, 1.82) is 0 Å². The molecule has 0 spiro atoms. The Morgan fingerprint density at radius 2 is 1.00 bits per heavy atom. The summed E-state index contributed by atoms with van der Waals surface area (Å²) in [5, 5.41) is 40.9. The molecule has 2 heterocycles. The molecule has 0 radical (unpaired) electrons. The number of aromatic nitrogens is 2. The van der Waals surface area contributed by atoms with Crippen molar-refractivity contribution in [3.05, 3.63) is 129 Å². The van der Waals surface area contributed by atoms with Crippen molar-refractivity contribution in [2.24, 2.45) is 0 Å². The van der Waals surface area contributed by atoms with Gasteiger partial charge in [-0.2, -0.15) is 0 Å². The van der Waals surface area contributed by atoms with Crippen LogP contribution < -0.4 is 10.6 Å². The number of fused-ring (bicyclic) bond motifs is 1. The van der Waals surface area contributed by atoms with Crippen LogP contribution in [0, 0.1) is 13.8 Å². The predicted octanol–water partition coefficient (Wildman–Crippen LogP) is 8.55. The lowest BCUT2D eigenvalue weighted by Gasteiger charge is -2.28. The van der Waals surface area contributed by atoms with Gasteiger partial charge in [-0.1, -0.05) is 94.2 Å². The van der Waals surface area contributed by atoms with Gasteiger partial charge in [0, 0.05) is 33.3 Å². The van der Waals surface area contributed by atoms with Crippen molar-refractivity contribution in [1.82, 2.24) is 10.3 Å². The molecule has 8 nitrogen and oxygen atoms in total. The Morgan fingerprint density at radius 1 is 0.619 bits per heavy atom. The van der Waals surface area contributed by atoms with Crippen LogP contribution >= 0.6 is 23.2 Å². The molecule has 42 heavy (non-hydrogen) atoms. The van der Waals surface area contributed by atoms with E-state index in [2.05, 4.69) is 20.9 Å². The third-order valence-electron chi connectivity index (χ3n) is 7.09. The van der Waals surface area contributed by atoms with Crippen molar-refractivity contribution in [3.63, 3.8) is 0 Å². The van der Waals surface area contributed by atoms with E-state index in [0.717, 1.165) is 0 Å². The number of hydrogen-bond acceptors (Lipinski definition) is 8. The fourth-order valence-electron chi connectivity index (χ4n) is 5.24. The first-order valence-corrected chi connectivity index (χ1v) is 13.9. The van der Waals surface area contributed by atoms with E-state index in [9.17, 15) is 10.2 Å². The quantitative estimate of drug-likeness (QED) is 0.128. The Hall–Kier alpha value is -4.66. The topological polar surface area (TPSA) is 117 Å². The van der Waals surface area contributed by atoms with Crippen molar-refractivity contribution in [3.8, 4) is 11.5 Å². The van der Waals surface area contributed by atoms with E-state index in [1.807, 2.05) is 60.7 Å². The minimum Gasteiger partial charge on any atom is -0.504 e. The van der Waals surface area contributed by atoms with E-state index in [4.69, 9.17) is 32.2 Å². The molecule has 0 fully saturated rings. The van der Waals surface area contributed by atoms with Gasteiger partial charge in [0.1, 0.15) is 11.5 Å². The highest BCUT2D eigenvalue weighted by atomic mass is 35.5. The van der Waals surface area contributed by atoms with Crippen LogP contribution in [0.1, 0.15) is 45.9 Å². The first-order chi connectivity index (χ1) is 20.3. The van der Waals surface area contributed by atoms with Crippen molar-refractivity contribution in [2.75, 3.05) is 10.6 Å². The summed E-state index contributed by atoms with van der Waals surface area (Å²) in [6.07, 6.45) is 0. The maximum absolute atomic E-state index is 11.8. The largest absolute Gasteiger partial charge is 0.504 e. The molecule has 0 aliphatic heterocycles. The molecule has 0 unspecified atom stereocenters. The van der Waals surface area contributed by atoms with Crippen molar-refractivity contribution >= 4 is 45.6 Å². The number of phenols is 2. The lowest BCUT2D eigenvalue weighted by molar-refractivity contribution is 0.393. The predicted molar refractivity (Wildman–Crippen MR) is 164 cm³/mol. The maximum Gasteiger partial charge on any atom is 0.170 e. The lowest BCUT2D eigenvalue weighted by Crippen LogP contribution is -2.17. The minimum atomic E-state index is -0.710. The third-order valence-corrected chi connectivity index (χ3v) is 7.78. The summed E-state index contributed by atoms with van der Waals surface area (Å²) in [6, 6.07) is 24.2. The summed E-state index contributed by atoms with van der Waals surface area (Å²) in [7, 11) is 0. The van der Waals surface area contributed by atoms with Crippen LogP contribution in [0.3, 0.4) is 0 Å². The van der Waals surface area contributed by atoms with Gasteiger partial charge in [-0.05, 0) is 47.9 Å². The summed E-state index contributed by atoms with van der Waals surface area (Å²) in [5.41, 5.74) is 2.17. The number of nitrogens with zero attached hydrogens (tertiary/aromatic N) is 2. The number of rotatable bonds is 8. The molecule has 0 amide bonds. The highest BCUT2D eigenvalue weighted by Crippen LogP contribution is 2.50. The Kier molecular flexibility index (Phi) is 7.41. The van der Waals surface area contributed by atoms with E-state index < -0.39 is 12.1 Å². The number of benzene rings is 4. The molecule has 212 valence electrons. The number of phenolic OH excluding ortho intramolecular Hbond substituents is 2. The van der Waals surface area contributed by atoms with Crippen LogP contribution in [0.2, 0.25) is 10.0 Å². The molecular weight excluding hydrogens is 575 g/mol. The molecule has 0 aliphatic rings. The summed E-state index contributed by atoms with van der Waals surface area (Å²) in [6.45, 7) is 3.57. The molecule has 4 aromatic carbocycles. The van der Waals surface area contributed by atoms with Crippen LogP contribution in [-0.4, -0.2) is 20.5 Å². The van der Waals surface area contributed by atoms with Gasteiger partial charge in [-0.3, -0.25) is 0 Å². The van der Waals surface area contributed by atoms with Gasteiger partial charge in [0.05, 0.1) is 12.1 Å². The smallest absolute Gasteiger partial charge is 0.170 e. The standard InChI is InChI=1S/C32H26Cl2N4O4/c1-17-15-25(37-41-17)35-29(21-11-5-7-13-23(21)33)27-19-9-3-4-10-20(19)28(32(40)31(27)39)30(22-12-6-8-14-24(22)34)36-26-16-18(2)42-38-26/h3-16,29-30,39-40H,1-2H3,(H,35,37)(H,36,38)/t29-,30-/m1/s1. The molecule has 2 aromatic heterocycles. The minimum absolute atomic E-state index is 0.323. The summed E-state index contributed by atoms with van der Waals surface area (Å²) in [4.78, 5) is 0. The van der Waals surface area contributed by atoms with Crippen molar-refractivity contribution in [2.45, 2.75) is 25.9 Å². The number of nitrogens with one attached hydrogen (secondary N) is 2. The fraction of sp³-hybridized carbons (Fsp3) is 0.125. The summed E-state index contributed by atoms with van der Waals surface area (Å²) >= 11 is 13.4. The summed E-state index contributed by atoms with van der Waals surface area (Å²) < 4.78 is 10.6. The first kappa shape index (κ1) is 27.5. The van der Waals surface area contributed by atoms with Crippen LogP contribution in [0.25, 0.3) is 10.8 Å². The summed E-state index contributed by atoms with van der Waals surface area (Å²) in [5.74, 6) is 1.47. The van der Waals surface area contributed by atoms with Gasteiger partial charge < -0.3 is 29.9 Å². The monoisotopic (exact) mass is 600 g/mol. The van der Waals surface area contributed by atoms with E-state index in [1.165, 1.54) is 0 Å². The second-order valence-electron chi connectivity index (χ2n) is 9.91. The fourth-order valence-corrected chi connectivity index (χ4v) is 5.73. The number of hydrogen-bond donors (Lipinski definition) is 4. The lowest BCUT2D eigenvalue weighted by atomic mass is 9.86. The zero-order valence-electron chi connectivity index (χ0n) is 22.6. The molecule has 6 aromatic rings. The molecular formula is C32H26Cl2N4O4. The maximum atomic E-state index is 11.8. The Labute approximate surface area is 251 Å². The highest BCUT2D eigenvalue weighted by Gasteiger charge is 2.32. The van der Waals surface area contributed by atoms with E-state index in [-0.39, 0.29) is 11.5 Å². The molecule has 0 saturated heterocycles. The molecule has 0 aliphatic carbocycles. The van der Waals surface area contributed by atoms with Crippen LogP contribution in [0.5, 0.6) is 11.5 Å². The number of aromatic hydroxyl groups is 2. The van der Waals surface area contributed by atoms with Gasteiger partial charge in [-0.25, -0.2) is 0 Å². The SMILES string of the molecule is Cc1cc(N[C@H](c2ccccc2Cl)c2c(O)c(O)c([C@H](Nc3cc(C)on3)c3ccccc3Cl)c3ccccc23)no1. The van der Waals surface area contributed by atoms with Crippen LogP contribution in [-0.2, 0) is 0 Å². The first-order valence-electron chi connectivity index (χ1n) is 13.2. The molecule has 0 bridgehead atoms. The highest BCUT2D eigenvalue weighted by molar-refractivity contribution is 6.31.